The van der Waals surface area contributed by atoms with Gasteiger partial charge < -0.3 is 14.5 Å². The molecule has 0 spiro atoms. The van der Waals surface area contributed by atoms with Crippen molar-refractivity contribution in [3.63, 3.8) is 0 Å². The highest BCUT2D eigenvalue weighted by molar-refractivity contribution is 5.81. The van der Waals surface area contributed by atoms with Crippen molar-refractivity contribution in [3.8, 4) is 0 Å². The molecule has 3 saturated heterocycles. The summed E-state index contributed by atoms with van der Waals surface area (Å²) in [5.41, 5.74) is 1.41. The molecule has 148 valence electrons. The van der Waals surface area contributed by atoms with Crippen LogP contribution in [0.1, 0.15) is 31.2 Å². The van der Waals surface area contributed by atoms with Gasteiger partial charge >= 0.3 is 0 Å². The molecule has 3 fully saturated rings. The van der Waals surface area contributed by atoms with E-state index in [-0.39, 0.29) is 12.0 Å². The number of hydrogen-bond acceptors (Lipinski definition) is 4. The summed E-state index contributed by atoms with van der Waals surface area (Å²) in [4.78, 5) is 19.7. The molecule has 0 saturated carbocycles. The first kappa shape index (κ1) is 18.9. The first-order valence-electron chi connectivity index (χ1n) is 10.7. The predicted octanol–water partition coefficient (Wildman–Crippen LogP) is 2.22. The second kappa shape index (κ2) is 9.18. The van der Waals surface area contributed by atoms with E-state index in [0.717, 1.165) is 70.9 Å². The fourth-order valence-corrected chi connectivity index (χ4v) is 4.65. The fraction of sp³-hybridized carbons (Fsp3) is 0.682. The van der Waals surface area contributed by atoms with Crippen molar-refractivity contribution in [3.05, 3.63) is 35.9 Å². The lowest BCUT2D eigenvalue weighted by molar-refractivity contribution is -0.142. The maximum absolute atomic E-state index is 12.5. The summed E-state index contributed by atoms with van der Waals surface area (Å²) in [5, 5.41) is 0. The van der Waals surface area contributed by atoms with Crippen LogP contribution in [0.5, 0.6) is 0 Å². The van der Waals surface area contributed by atoms with E-state index in [1.54, 1.807) is 0 Å². The van der Waals surface area contributed by atoms with Crippen molar-refractivity contribution >= 4 is 5.91 Å². The molecule has 3 aliphatic heterocycles. The van der Waals surface area contributed by atoms with E-state index in [4.69, 9.17) is 4.74 Å². The lowest BCUT2D eigenvalue weighted by Crippen LogP contribution is -2.49. The van der Waals surface area contributed by atoms with Crippen LogP contribution in [0.15, 0.2) is 30.3 Å². The van der Waals surface area contributed by atoms with E-state index in [9.17, 15) is 4.79 Å². The van der Waals surface area contributed by atoms with Crippen molar-refractivity contribution < 1.29 is 9.53 Å². The van der Waals surface area contributed by atoms with Gasteiger partial charge in [-0.15, -0.1) is 0 Å². The summed E-state index contributed by atoms with van der Waals surface area (Å²) < 4.78 is 5.56. The molecule has 4 rings (SSSR count). The highest BCUT2D eigenvalue weighted by atomic mass is 16.5. The van der Waals surface area contributed by atoms with Gasteiger partial charge in [0.05, 0.1) is 0 Å². The van der Waals surface area contributed by atoms with Gasteiger partial charge in [-0.05, 0) is 37.2 Å². The van der Waals surface area contributed by atoms with Crippen molar-refractivity contribution in [2.75, 3.05) is 52.4 Å². The molecule has 1 amide bonds. The number of piperidine rings is 1. The number of carbonyl (C=O) groups is 1. The second-order valence-corrected chi connectivity index (χ2v) is 8.33. The van der Waals surface area contributed by atoms with Crippen LogP contribution in [0.25, 0.3) is 0 Å². The molecule has 5 heteroatoms. The van der Waals surface area contributed by atoms with Gasteiger partial charge in [-0.3, -0.25) is 9.69 Å². The molecule has 27 heavy (non-hydrogen) atoms. The van der Waals surface area contributed by atoms with Crippen LogP contribution in [0.4, 0.5) is 0 Å². The van der Waals surface area contributed by atoms with Crippen molar-refractivity contribution in [1.82, 2.24) is 14.7 Å². The van der Waals surface area contributed by atoms with Crippen LogP contribution in [0, 0.1) is 5.92 Å². The van der Waals surface area contributed by atoms with E-state index >= 15 is 0 Å². The Bertz CT molecular complexity index is 587. The van der Waals surface area contributed by atoms with Gasteiger partial charge in [-0.25, -0.2) is 0 Å². The predicted molar refractivity (Wildman–Crippen MR) is 106 cm³/mol. The molecular formula is C22H33N3O2. The van der Waals surface area contributed by atoms with Gasteiger partial charge in [0.15, 0.2) is 0 Å². The van der Waals surface area contributed by atoms with E-state index in [2.05, 4.69) is 40.1 Å². The third kappa shape index (κ3) is 5.09. The Morgan fingerprint density at radius 2 is 1.63 bits per heavy atom. The lowest BCUT2D eigenvalue weighted by atomic mass is 9.95. The van der Waals surface area contributed by atoms with Gasteiger partial charge in [0.25, 0.3) is 5.91 Å². The fourth-order valence-electron chi connectivity index (χ4n) is 4.65. The minimum Gasteiger partial charge on any atom is -0.368 e. The van der Waals surface area contributed by atoms with Crippen LogP contribution in [0.3, 0.4) is 0 Å². The number of hydrogen-bond donors (Lipinski definition) is 0. The molecule has 0 N–H and O–H groups in total. The highest BCUT2D eigenvalue weighted by Gasteiger charge is 2.31. The lowest BCUT2D eigenvalue weighted by Gasteiger charge is -2.39. The Morgan fingerprint density at radius 3 is 2.30 bits per heavy atom. The maximum atomic E-state index is 12.5. The van der Waals surface area contributed by atoms with Crippen LogP contribution < -0.4 is 0 Å². The molecule has 3 aliphatic rings. The minimum absolute atomic E-state index is 0.153. The molecular weight excluding hydrogens is 338 g/mol. The molecule has 3 heterocycles. The number of likely N-dealkylation sites (tertiary alicyclic amines) is 1. The van der Waals surface area contributed by atoms with E-state index < -0.39 is 0 Å². The average Bonchev–Trinajstić information content (AvgIpc) is 3.25. The van der Waals surface area contributed by atoms with Crippen molar-refractivity contribution in [2.45, 2.75) is 38.3 Å². The van der Waals surface area contributed by atoms with E-state index in [1.807, 2.05) is 4.90 Å². The molecule has 5 nitrogen and oxygen atoms in total. The number of nitrogens with zero attached hydrogens (tertiary/aromatic N) is 3. The Hall–Kier alpha value is -1.43. The first-order valence-corrected chi connectivity index (χ1v) is 10.7. The zero-order chi connectivity index (χ0) is 18.5. The third-order valence-corrected chi connectivity index (χ3v) is 6.36. The third-order valence-electron chi connectivity index (χ3n) is 6.36. The largest absolute Gasteiger partial charge is 0.368 e. The smallest absolute Gasteiger partial charge is 0.251 e. The summed E-state index contributed by atoms with van der Waals surface area (Å²) >= 11 is 0. The molecule has 1 unspecified atom stereocenters. The van der Waals surface area contributed by atoms with Crippen LogP contribution in [-0.2, 0) is 16.1 Å². The van der Waals surface area contributed by atoms with E-state index in [0.29, 0.717) is 0 Å². The normalized spacial score (nSPS) is 25.8. The Morgan fingerprint density at radius 1 is 0.926 bits per heavy atom. The van der Waals surface area contributed by atoms with Gasteiger partial charge in [0.2, 0.25) is 0 Å². The van der Waals surface area contributed by atoms with Crippen molar-refractivity contribution in [1.29, 1.82) is 0 Å². The summed E-state index contributed by atoms with van der Waals surface area (Å²) in [6, 6.07) is 10.8. The SMILES string of the molecule is O=C(C1CCCO1)N1CCC(CN2CCN(Cc3ccccc3)CC2)CC1. The second-order valence-electron chi connectivity index (χ2n) is 8.33. The number of piperazine rings is 1. The molecule has 0 radical (unpaired) electrons. The maximum Gasteiger partial charge on any atom is 0.251 e. The summed E-state index contributed by atoms with van der Waals surface area (Å²) in [7, 11) is 0. The highest BCUT2D eigenvalue weighted by Crippen LogP contribution is 2.22. The number of rotatable bonds is 5. The molecule has 0 aromatic heterocycles. The van der Waals surface area contributed by atoms with Gasteiger partial charge in [0.1, 0.15) is 6.10 Å². The van der Waals surface area contributed by atoms with Crippen LogP contribution in [0.2, 0.25) is 0 Å². The number of benzene rings is 1. The number of amides is 1. The summed E-state index contributed by atoms with van der Waals surface area (Å²) in [6.07, 6.45) is 4.07. The molecule has 0 aliphatic carbocycles. The van der Waals surface area contributed by atoms with Crippen molar-refractivity contribution in [2.24, 2.45) is 5.92 Å². The summed E-state index contributed by atoms with van der Waals surface area (Å²) in [6.45, 7) is 9.50. The first-order chi connectivity index (χ1) is 13.3. The Kier molecular flexibility index (Phi) is 6.43. The molecule has 1 aromatic rings. The Labute approximate surface area is 163 Å². The average molecular weight is 372 g/mol. The molecule has 1 aromatic carbocycles. The van der Waals surface area contributed by atoms with Gasteiger partial charge in [-0.1, -0.05) is 30.3 Å². The zero-order valence-corrected chi connectivity index (χ0v) is 16.4. The van der Waals surface area contributed by atoms with Crippen LogP contribution in [-0.4, -0.2) is 79.1 Å². The monoisotopic (exact) mass is 371 g/mol. The number of carbonyl (C=O) groups excluding carboxylic acids is 1. The zero-order valence-electron chi connectivity index (χ0n) is 16.4. The molecule has 1 atom stereocenters. The number of ether oxygens (including phenoxy) is 1. The van der Waals surface area contributed by atoms with Gasteiger partial charge in [-0.2, -0.15) is 0 Å². The standard InChI is InChI=1S/C22H33N3O2/c26-22(21-7-4-16-27-21)25-10-8-20(9-11-25)18-24-14-12-23(13-15-24)17-19-5-2-1-3-6-19/h1-3,5-6,20-21H,4,7-18H2. The topological polar surface area (TPSA) is 36.0 Å². The minimum atomic E-state index is -0.153. The quantitative estimate of drug-likeness (QED) is 0.795. The molecule has 0 bridgehead atoms. The van der Waals surface area contributed by atoms with Crippen LogP contribution >= 0.6 is 0 Å². The summed E-state index contributed by atoms with van der Waals surface area (Å²) in [5.74, 6) is 0.972. The van der Waals surface area contributed by atoms with Gasteiger partial charge in [0, 0.05) is 59.0 Å². The Balaban J connectivity index is 1.15. The van der Waals surface area contributed by atoms with E-state index in [1.165, 1.54) is 25.2 Å².